The van der Waals surface area contributed by atoms with Gasteiger partial charge in [-0.25, -0.2) is 0 Å². The molecule has 1 N–H and O–H groups in total. The van der Waals surface area contributed by atoms with Gasteiger partial charge in [0, 0.05) is 10.9 Å². The van der Waals surface area contributed by atoms with Gasteiger partial charge in [-0.2, -0.15) is 0 Å². The molecule has 100 valence electrons. The van der Waals surface area contributed by atoms with E-state index in [9.17, 15) is 0 Å². The summed E-state index contributed by atoms with van der Waals surface area (Å²) in [6, 6.07) is 2.92. The minimum absolute atomic E-state index is 0.639. The molecule has 0 aromatic carbocycles. The van der Waals surface area contributed by atoms with Crippen molar-refractivity contribution in [2.24, 2.45) is 17.8 Å². The quantitative estimate of drug-likeness (QED) is 0.823. The molecule has 2 heteroatoms. The van der Waals surface area contributed by atoms with Crippen LogP contribution in [0.25, 0.3) is 0 Å². The van der Waals surface area contributed by atoms with Crippen molar-refractivity contribution >= 4 is 11.3 Å². The maximum absolute atomic E-state index is 3.85. The highest BCUT2D eigenvalue weighted by molar-refractivity contribution is 7.10. The van der Waals surface area contributed by atoms with E-state index in [-0.39, 0.29) is 0 Å². The van der Waals surface area contributed by atoms with Gasteiger partial charge in [0.1, 0.15) is 0 Å². The summed E-state index contributed by atoms with van der Waals surface area (Å²) in [5.74, 6) is 2.96. The van der Waals surface area contributed by atoms with Crippen LogP contribution in [0.4, 0.5) is 0 Å². The van der Waals surface area contributed by atoms with Gasteiger partial charge in [0.05, 0.1) is 0 Å². The molecular weight excluding hydrogens is 238 g/mol. The predicted molar refractivity (Wildman–Crippen MR) is 79.0 cm³/mol. The van der Waals surface area contributed by atoms with E-state index in [0.29, 0.717) is 6.04 Å². The van der Waals surface area contributed by atoms with E-state index >= 15 is 0 Å². The highest BCUT2D eigenvalue weighted by atomic mass is 32.1. The first-order valence-electron chi connectivity index (χ1n) is 7.57. The number of thiophene rings is 1. The Morgan fingerprint density at radius 1 is 1.39 bits per heavy atom. The highest BCUT2D eigenvalue weighted by Crippen LogP contribution is 2.53. The largest absolute Gasteiger partial charge is 0.309 e. The summed E-state index contributed by atoms with van der Waals surface area (Å²) in [6.07, 6.45) is 7.22. The third kappa shape index (κ3) is 2.25. The average Bonchev–Trinajstić information content (AvgIpc) is 3.07. The van der Waals surface area contributed by atoms with E-state index in [4.69, 9.17) is 0 Å². The smallest absolute Gasteiger partial charge is 0.0448 e. The number of hydrogen-bond donors (Lipinski definition) is 1. The molecule has 0 aliphatic heterocycles. The van der Waals surface area contributed by atoms with E-state index in [1.165, 1.54) is 37.7 Å². The van der Waals surface area contributed by atoms with Crippen LogP contribution >= 0.6 is 11.3 Å². The number of hydrogen-bond acceptors (Lipinski definition) is 2. The summed E-state index contributed by atoms with van der Waals surface area (Å²) in [6.45, 7) is 5.71. The Bertz CT molecular complexity index is 398. The topological polar surface area (TPSA) is 12.0 Å². The van der Waals surface area contributed by atoms with Gasteiger partial charge in [-0.05, 0) is 73.9 Å². The van der Waals surface area contributed by atoms with Crippen LogP contribution in [0.2, 0.25) is 0 Å². The van der Waals surface area contributed by atoms with Gasteiger partial charge in [-0.15, -0.1) is 11.3 Å². The molecule has 1 aromatic heterocycles. The lowest BCUT2D eigenvalue weighted by atomic mass is 9.82. The van der Waals surface area contributed by atoms with Crippen molar-refractivity contribution in [3.63, 3.8) is 0 Å². The molecule has 0 saturated heterocycles. The number of nitrogens with one attached hydrogen (secondary N) is 1. The maximum Gasteiger partial charge on any atom is 0.0448 e. The van der Waals surface area contributed by atoms with Crippen molar-refractivity contribution in [3.8, 4) is 0 Å². The van der Waals surface area contributed by atoms with Crippen LogP contribution in [0.3, 0.4) is 0 Å². The van der Waals surface area contributed by atoms with Crippen molar-refractivity contribution in [2.75, 3.05) is 6.54 Å². The molecule has 2 fully saturated rings. The minimum Gasteiger partial charge on any atom is -0.309 e. The number of fused-ring (bicyclic) bond motifs is 2. The molecule has 4 unspecified atom stereocenters. The van der Waals surface area contributed by atoms with Crippen molar-refractivity contribution in [2.45, 2.75) is 52.0 Å². The molecule has 0 radical (unpaired) electrons. The van der Waals surface area contributed by atoms with E-state index in [1.807, 2.05) is 11.3 Å². The third-order valence-corrected chi connectivity index (χ3v) is 6.12. The first kappa shape index (κ1) is 12.7. The lowest BCUT2D eigenvalue weighted by molar-refractivity contribution is 0.253. The third-order valence-electron chi connectivity index (χ3n) is 5.02. The molecule has 0 amide bonds. The Morgan fingerprint density at radius 3 is 2.83 bits per heavy atom. The summed E-state index contributed by atoms with van der Waals surface area (Å²) < 4.78 is 0. The van der Waals surface area contributed by atoms with Gasteiger partial charge < -0.3 is 5.32 Å². The number of aryl methyl sites for hydroxylation is 1. The predicted octanol–water partition coefficient (Wildman–Crippen LogP) is 4.53. The average molecular weight is 263 g/mol. The lowest BCUT2D eigenvalue weighted by Gasteiger charge is -2.31. The van der Waals surface area contributed by atoms with Gasteiger partial charge in [0.2, 0.25) is 0 Å². The zero-order valence-electron chi connectivity index (χ0n) is 11.6. The van der Waals surface area contributed by atoms with E-state index in [1.54, 1.807) is 4.88 Å². The zero-order valence-corrected chi connectivity index (χ0v) is 12.4. The van der Waals surface area contributed by atoms with Gasteiger partial charge in [-0.3, -0.25) is 0 Å². The van der Waals surface area contributed by atoms with Gasteiger partial charge in [0.15, 0.2) is 0 Å². The van der Waals surface area contributed by atoms with Gasteiger partial charge >= 0.3 is 0 Å². The SMILES string of the molecule is CCCNC(c1sccc1C)C1CC2CCC1C2. The van der Waals surface area contributed by atoms with E-state index in [2.05, 4.69) is 30.6 Å². The van der Waals surface area contributed by atoms with Crippen LogP contribution < -0.4 is 5.32 Å². The highest BCUT2D eigenvalue weighted by Gasteiger charge is 2.43. The Labute approximate surface area is 115 Å². The van der Waals surface area contributed by atoms with Crippen LogP contribution in [0.5, 0.6) is 0 Å². The second-order valence-corrected chi connectivity index (χ2v) is 7.19. The fourth-order valence-electron chi connectivity index (χ4n) is 4.14. The second kappa shape index (κ2) is 5.34. The van der Waals surface area contributed by atoms with E-state index in [0.717, 1.165) is 24.3 Å². The van der Waals surface area contributed by atoms with Crippen molar-refractivity contribution in [1.82, 2.24) is 5.32 Å². The van der Waals surface area contributed by atoms with Gasteiger partial charge in [0.25, 0.3) is 0 Å². The lowest BCUT2D eigenvalue weighted by Crippen LogP contribution is -2.31. The molecule has 2 aliphatic carbocycles. The molecule has 3 rings (SSSR count). The molecule has 1 heterocycles. The molecule has 2 aliphatic rings. The molecule has 2 bridgehead atoms. The molecule has 2 saturated carbocycles. The molecule has 0 spiro atoms. The van der Waals surface area contributed by atoms with Crippen LogP contribution in [-0.4, -0.2) is 6.54 Å². The summed E-state index contributed by atoms with van der Waals surface area (Å²) >= 11 is 1.96. The monoisotopic (exact) mass is 263 g/mol. The summed E-state index contributed by atoms with van der Waals surface area (Å²) in [5.41, 5.74) is 1.50. The Kier molecular flexibility index (Phi) is 3.76. The molecule has 18 heavy (non-hydrogen) atoms. The molecule has 1 nitrogen and oxygen atoms in total. The Balaban J connectivity index is 1.79. The molecular formula is C16H25NS. The van der Waals surface area contributed by atoms with E-state index < -0.39 is 0 Å². The van der Waals surface area contributed by atoms with Gasteiger partial charge in [-0.1, -0.05) is 13.3 Å². The Morgan fingerprint density at radius 2 is 2.28 bits per heavy atom. The summed E-state index contributed by atoms with van der Waals surface area (Å²) in [7, 11) is 0. The summed E-state index contributed by atoms with van der Waals surface area (Å²) in [5, 5.41) is 6.11. The van der Waals surface area contributed by atoms with Crippen molar-refractivity contribution < 1.29 is 0 Å². The first-order valence-corrected chi connectivity index (χ1v) is 8.45. The first-order chi connectivity index (χ1) is 8.79. The molecule has 4 atom stereocenters. The number of rotatable bonds is 5. The van der Waals surface area contributed by atoms with Crippen LogP contribution in [-0.2, 0) is 0 Å². The Hall–Kier alpha value is -0.340. The maximum atomic E-state index is 3.85. The van der Waals surface area contributed by atoms with Crippen molar-refractivity contribution in [3.05, 3.63) is 21.9 Å². The standard InChI is InChI=1S/C16H25NS/c1-3-7-17-15(16-11(2)6-8-18-16)14-10-12-4-5-13(14)9-12/h6,8,12-15,17H,3-5,7,9-10H2,1-2H3. The van der Waals surface area contributed by atoms with Crippen LogP contribution in [0.15, 0.2) is 11.4 Å². The van der Waals surface area contributed by atoms with Crippen LogP contribution in [0, 0.1) is 24.7 Å². The zero-order chi connectivity index (χ0) is 12.5. The summed E-state index contributed by atoms with van der Waals surface area (Å²) in [4.78, 5) is 1.61. The fraction of sp³-hybridized carbons (Fsp3) is 0.750. The fourth-order valence-corrected chi connectivity index (χ4v) is 5.22. The normalized spacial score (nSPS) is 32.0. The minimum atomic E-state index is 0.639. The van der Waals surface area contributed by atoms with Crippen molar-refractivity contribution in [1.29, 1.82) is 0 Å². The second-order valence-electron chi connectivity index (χ2n) is 6.24. The van der Waals surface area contributed by atoms with Crippen LogP contribution in [0.1, 0.15) is 55.5 Å². The molecule has 1 aromatic rings.